The Balaban J connectivity index is 1.62. The highest BCUT2D eigenvalue weighted by molar-refractivity contribution is 5.95. The first kappa shape index (κ1) is 18.6. The molecule has 0 radical (unpaired) electrons. The van der Waals surface area contributed by atoms with Crippen LogP contribution in [0.3, 0.4) is 0 Å². The number of hydrogen-bond acceptors (Lipinski definition) is 4. The van der Waals surface area contributed by atoms with Crippen LogP contribution in [0.2, 0.25) is 0 Å². The van der Waals surface area contributed by atoms with Crippen LogP contribution < -0.4 is 5.32 Å². The molecule has 0 spiro atoms. The number of amides is 1. The Bertz CT molecular complexity index is 1010. The summed E-state index contributed by atoms with van der Waals surface area (Å²) in [6.45, 7) is 3.28. The lowest BCUT2D eigenvalue weighted by Gasteiger charge is -2.14. The van der Waals surface area contributed by atoms with Gasteiger partial charge in [-0.15, -0.1) is 0 Å². The summed E-state index contributed by atoms with van der Waals surface area (Å²) in [7, 11) is 0. The molecule has 3 rings (SSSR count). The number of carbonyl (C=O) groups is 2. The van der Waals surface area contributed by atoms with Crippen molar-refractivity contribution in [2.75, 3.05) is 5.32 Å². The number of nitrogens with one attached hydrogen (secondary N) is 1. The summed E-state index contributed by atoms with van der Waals surface area (Å²) >= 11 is 0. The highest BCUT2D eigenvalue weighted by Gasteiger charge is 2.20. The van der Waals surface area contributed by atoms with Crippen molar-refractivity contribution in [1.29, 1.82) is 0 Å². The number of fused-ring (bicyclic) bond motifs is 1. The van der Waals surface area contributed by atoms with E-state index >= 15 is 0 Å². The van der Waals surface area contributed by atoms with Crippen molar-refractivity contribution in [2.24, 2.45) is 0 Å². The van der Waals surface area contributed by atoms with E-state index in [0.29, 0.717) is 11.1 Å². The first-order valence-corrected chi connectivity index (χ1v) is 8.25. The Morgan fingerprint density at radius 1 is 1.19 bits per heavy atom. The quantitative estimate of drug-likeness (QED) is 0.683. The van der Waals surface area contributed by atoms with Crippen LogP contribution in [0, 0.1) is 18.6 Å². The molecule has 0 aliphatic rings. The minimum absolute atomic E-state index is 0.0813. The van der Waals surface area contributed by atoms with Gasteiger partial charge < -0.3 is 14.5 Å². The number of halogens is 2. The standard InChI is InChI=1S/C20H17F2NO4/c1-11-3-5-15-13(10-26-18(15)7-11)8-19(24)27-12(2)20(25)23-17-9-14(21)4-6-16(17)22/h3-7,9-10,12H,8H2,1-2H3,(H,23,25)/t12-/m0/s1. The van der Waals surface area contributed by atoms with E-state index in [1.165, 1.54) is 13.2 Å². The molecule has 0 bridgehead atoms. The van der Waals surface area contributed by atoms with Gasteiger partial charge in [0.25, 0.3) is 5.91 Å². The van der Waals surface area contributed by atoms with Gasteiger partial charge in [-0.3, -0.25) is 9.59 Å². The summed E-state index contributed by atoms with van der Waals surface area (Å²) < 4.78 is 37.3. The van der Waals surface area contributed by atoms with Gasteiger partial charge in [0.2, 0.25) is 0 Å². The maximum atomic E-state index is 13.6. The number of carbonyl (C=O) groups excluding carboxylic acids is 2. The minimum Gasteiger partial charge on any atom is -0.464 e. The van der Waals surface area contributed by atoms with Gasteiger partial charge in [-0.25, -0.2) is 8.78 Å². The summed E-state index contributed by atoms with van der Waals surface area (Å²) in [5.74, 6) is -2.89. The Morgan fingerprint density at radius 3 is 2.74 bits per heavy atom. The van der Waals surface area contributed by atoms with Crippen LogP contribution in [0.15, 0.2) is 47.1 Å². The fourth-order valence-electron chi connectivity index (χ4n) is 2.60. The Kier molecular flexibility index (Phi) is 5.21. The Labute approximate surface area is 153 Å². The molecule has 0 saturated heterocycles. The summed E-state index contributed by atoms with van der Waals surface area (Å²) in [6, 6.07) is 8.28. The number of benzene rings is 2. The molecule has 1 N–H and O–H groups in total. The number of aryl methyl sites for hydroxylation is 1. The third-order valence-electron chi connectivity index (χ3n) is 4.01. The number of ether oxygens (including phenoxy) is 1. The molecule has 1 amide bonds. The smallest absolute Gasteiger partial charge is 0.311 e. The van der Waals surface area contributed by atoms with E-state index < -0.39 is 29.6 Å². The molecule has 3 aromatic rings. The molecule has 0 unspecified atom stereocenters. The summed E-state index contributed by atoms with van der Waals surface area (Å²) in [4.78, 5) is 24.2. The zero-order valence-electron chi connectivity index (χ0n) is 14.7. The minimum atomic E-state index is -1.18. The lowest BCUT2D eigenvalue weighted by atomic mass is 10.1. The van der Waals surface area contributed by atoms with Gasteiger partial charge in [0.1, 0.15) is 17.2 Å². The van der Waals surface area contributed by atoms with Gasteiger partial charge >= 0.3 is 5.97 Å². The van der Waals surface area contributed by atoms with Crippen LogP contribution in [-0.2, 0) is 20.7 Å². The Hall–Kier alpha value is -3.22. The first-order chi connectivity index (χ1) is 12.8. The normalized spacial score (nSPS) is 12.0. The molecule has 0 fully saturated rings. The monoisotopic (exact) mass is 373 g/mol. The first-order valence-electron chi connectivity index (χ1n) is 8.25. The van der Waals surface area contributed by atoms with Crippen molar-refractivity contribution in [3.8, 4) is 0 Å². The van der Waals surface area contributed by atoms with Crippen LogP contribution in [-0.4, -0.2) is 18.0 Å². The van der Waals surface area contributed by atoms with Crippen molar-refractivity contribution < 1.29 is 27.5 Å². The van der Waals surface area contributed by atoms with Crippen molar-refractivity contribution >= 4 is 28.5 Å². The largest absolute Gasteiger partial charge is 0.464 e. The van der Waals surface area contributed by atoms with Crippen LogP contribution in [0.1, 0.15) is 18.1 Å². The van der Waals surface area contributed by atoms with Gasteiger partial charge in [0.05, 0.1) is 18.4 Å². The molecule has 5 nitrogen and oxygen atoms in total. The van der Waals surface area contributed by atoms with Crippen molar-refractivity contribution in [1.82, 2.24) is 0 Å². The molecule has 0 aliphatic carbocycles. The zero-order valence-corrected chi connectivity index (χ0v) is 14.7. The fourth-order valence-corrected chi connectivity index (χ4v) is 2.60. The van der Waals surface area contributed by atoms with Crippen LogP contribution >= 0.6 is 0 Å². The highest BCUT2D eigenvalue weighted by Crippen LogP contribution is 2.23. The van der Waals surface area contributed by atoms with Gasteiger partial charge in [-0.1, -0.05) is 12.1 Å². The second-order valence-corrected chi connectivity index (χ2v) is 6.18. The number of hydrogen-bond donors (Lipinski definition) is 1. The summed E-state index contributed by atoms with van der Waals surface area (Å²) in [5.41, 5.74) is 2.00. The van der Waals surface area contributed by atoms with E-state index in [-0.39, 0.29) is 12.1 Å². The molecule has 140 valence electrons. The maximum absolute atomic E-state index is 13.6. The Morgan fingerprint density at radius 2 is 1.96 bits per heavy atom. The third-order valence-corrected chi connectivity index (χ3v) is 4.01. The van der Waals surface area contributed by atoms with E-state index in [0.717, 1.165) is 29.1 Å². The van der Waals surface area contributed by atoms with Gasteiger partial charge in [-0.05, 0) is 37.6 Å². The SMILES string of the molecule is Cc1ccc2c(CC(=O)O[C@@H](C)C(=O)Nc3cc(F)ccc3F)coc2c1. The number of rotatable bonds is 5. The zero-order chi connectivity index (χ0) is 19.6. The van der Waals surface area contributed by atoms with E-state index in [1.54, 1.807) is 0 Å². The molecule has 0 saturated carbocycles. The number of furan rings is 1. The van der Waals surface area contributed by atoms with E-state index in [4.69, 9.17) is 9.15 Å². The van der Waals surface area contributed by atoms with Crippen molar-refractivity contribution in [2.45, 2.75) is 26.4 Å². The second-order valence-electron chi connectivity index (χ2n) is 6.18. The van der Waals surface area contributed by atoms with Gasteiger partial charge in [0.15, 0.2) is 6.10 Å². The van der Waals surface area contributed by atoms with Crippen molar-refractivity contribution in [3.63, 3.8) is 0 Å². The molecule has 0 aliphatic heterocycles. The lowest BCUT2D eigenvalue weighted by Crippen LogP contribution is -2.30. The maximum Gasteiger partial charge on any atom is 0.311 e. The number of anilines is 1. The fraction of sp³-hybridized carbons (Fsp3) is 0.200. The molecule has 1 heterocycles. The molecular formula is C20H17F2NO4. The molecule has 1 aromatic heterocycles. The third kappa shape index (κ3) is 4.31. The van der Waals surface area contributed by atoms with E-state index in [2.05, 4.69) is 5.32 Å². The average molecular weight is 373 g/mol. The van der Waals surface area contributed by atoms with E-state index in [1.807, 2.05) is 25.1 Å². The highest BCUT2D eigenvalue weighted by atomic mass is 19.1. The van der Waals surface area contributed by atoms with Gasteiger partial charge in [-0.2, -0.15) is 0 Å². The van der Waals surface area contributed by atoms with Crippen molar-refractivity contribution in [3.05, 3.63) is 65.4 Å². The van der Waals surface area contributed by atoms with E-state index in [9.17, 15) is 18.4 Å². The summed E-state index contributed by atoms with van der Waals surface area (Å²) in [5, 5.41) is 2.99. The number of esters is 1. The van der Waals surface area contributed by atoms with Crippen LogP contribution in [0.4, 0.5) is 14.5 Å². The molecule has 7 heteroatoms. The molecule has 1 atom stereocenters. The topological polar surface area (TPSA) is 68.5 Å². The average Bonchev–Trinajstić information content (AvgIpc) is 2.99. The predicted molar refractivity (Wildman–Crippen MR) is 95.2 cm³/mol. The van der Waals surface area contributed by atoms with Crippen LogP contribution in [0.25, 0.3) is 11.0 Å². The van der Waals surface area contributed by atoms with Crippen LogP contribution in [0.5, 0.6) is 0 Å². The predicted octanol–water partition coefficient (Wildman–Crippen LogP) is 4.13. The summed E-state index contributed by atoms with van der Waals surface area (Å²) in [6.07, 6.45) is 0.209. The second kappa shape index (κ2) is 7.57. The molecule has 27 heavy (non-hydrogen) atoms. The molecule has 2 aromatic carbocycles. The van der Waals surface area contributed by atoms with Gasteiger partial charge in [0, 0.05) is 17.0 Å². The lowest BCUT2D eigenvalue weighted by molar-refractivity contribution is -0.152. The molecular weight excluding hydrogens is 356 g/mol.